The maximum atomic E-state index is 6.29. The van der Waals surface area contributed by atoms with Crippen molar-refractivity contribution in [1.29, 1.82) is 0 Å². The molecular weight excluding hydrogens is 546 g/mol. The first kappa shape index (κ1) is 25.9. The van der Waals surface area contributed by atoms with Gasteiger partial charge in [0.05, 0.1) is 0 Å². The number of hydrogen-bond donors (Lipinski definition) is 0. The van der Waals surface area contributed by atoms with Gasteiger partial charge in [0.25, 0.3) is 0 Å². The second kappa shape index (κ2) is 9.70. The van der Waals surface area contributed by atoms with Crippen LogP contribution in [0.2, 0.25) is 0 Å². The molecule has 0 aliphatic heterocycles. The third-order valence-electron chi connectivity index (χ3n) is 9.66. The van der Waals surface area contributed by atoms with E-state index >= 15 is 0 Å². The van der Waals surface area contributed by atoms with Gasteiger partial charge in [0.2, 0.25) is 0 Å². The van der Waals surface area contributed by atoms with Crippen LogP contribution in [0.25, 0.3) is 55.0 Å². The van der Waals surface area contributed by atoms with Gasteiger partial charge in [0, 0.05) is 38.6 Å². The van der Waals surface area contributed by atoms with Crippen LogP contribution in [0, 0.1) is 0 Å². The fourth-order valence-corrected chi connectivity index (χ4v) is 7.35. The zero-order valence-electron chi connectivity index (χ0n) is 25.3. The first-order valence-corrected chi connectivity index (χ1v) is 15.6. The van der Waals surface area contributed by atoms with Gasteiger partial charge in [-0.3, -0.25) is 0 Å². The lowest BCUT2D eigenvalue weighted by Gasteiger charge is -2.28. The highest BCUT2D eigenvalue weighted by Crippen LogP contribution is 2.50. The van der Waals surface area contributed by atoms with Gasteiger partial charge in [-0.25, -0.2) is 0 Å². The Hall–Kier alpha value is -5.60. The Labute approximate surface area is 262 Å². The van der Waals surface area contributed by atoms with E-state index in [9.17, 15) is 0 Å². The van der Waals surface area contributed by atoms with Gasteiger partial charge < -0.3 is 9.32 Å². The molecule has 0 N–H and O–H groups in total. The lowest BCUT2D eigenvalue weighted by Crippen LogP contribution is -2.16. The van der Waals surface area contributed by atoms with Crippen molar-refractivity contribution < 1.29 is 4.42 Å². The molecule has 0 saturated heterocycles. The largest absolute Gasteiger partial charge is 0.455 e. The van der Waals surface area contributed by atoms with Crippen molar-refractivity contribution >= 4 is 49.8 Å². The first-order valence-electron chi connectivity index (χ1n) is 15.6. The number of fused-ring (bicyclic) bond motifs is 8. The van der Waals surface area contributed by atoms with Gasteiger partial charge in [-0.15, -0.1) is 0 Å². The van der Waals surface area contributed by atoms with E-state index in [-0.39, 0.29) is 5.41 Å². The monoisotopic (exact) mass is 577 g/mol. The van der Waals surface area contributed by atoms with E-state index in [1.54, 1.807) is 0 Å². The van der Waals surface area contributed by atoms with E-state index in [1.165, 1.54) is 38.8 Å². The van der Waals surface area contributed by atoms with E-state index in [1.807, 2.05) is 12.1 Å². The zero-order valence-corrected chi connectivity index (χ0v) is 25.3. The van der Waals surface area contributed by atoms with Crippen molar-refractivity contribution in [3.63, 3.8) is 0 Å². The number of nitrogens with zero attached hydrogens (tertiary/aromatic N) is 1. The van der Waals surface area contributed by atoms with E-state index in [0.717, 1.165) is 44.4 Å². The molecule has 0 amide bonds. The maximum absolute atomic E-state index is 6.29. The maximum Gasteiger partial charge on any atom is 0.143 e. The molecule has 0 radical (unpaired) electrons. The summed E-state index contributed by atoms with van der Waals surface area (Å²) >= 11 is 0. The first-order chi connectivity index (χ1) is 22.1. The Morgan fingerprint density at radius 3 is 2.00 bits per heavy atom. The topological polar surface area (TPSA) is 16.4 Å². The van der Waals surface area contributed by atoms with Gasteiger partial charge in [-0.05, 0) is 99.4 Å². The second-order valence-corrected chi connectivity index (χ2v) is 12.6. The summed E-state index contributed by atoms with van der Waals surface area (Å²) in [7, 11) is 0. The zero-order chi connectivity index (χ0) is 30.1. The molecule has 45 heavy (non-hydrogen) atoms. The molecule has 1 aliphatic carbocycles. The summed E-state index contributed by atoms with van der Waals surface area (Å²) in [6, 6.07) is 54.7. The van der Waals surface area contributed by atoms with Crippen LogP contribution < -0.4 is 4.90 Å². The molecule has 0 spiro atoms. The molecule has 1 aliphatic rings. The smallest absolute Gasteiger partial charge is 0.143 e. The standard InChI is InChI=1S/C43H31NO/c1-43(2)39-14-8-6-12-35(39)36-25-22-33(27-40(36)43)44(31-10-4-3-5-11-31)32-20-16-28(17-21-32)29-18-23-34-30(26-29)19-24-38-37-13-7-9-15-41(37)45-42(34)38/h3-27H,1-2H3. The molecule has 1 heterocycles. The van der Waals surface area contributed by atoms with Gasteiger partial charge in [-0.1, -0.05) is 105 Å². The molecule has 8 aromatic rings. The molecular formula is C43H31NO. The van der Waals surface area contributed by atoms with E-state index in [2.05, 4.69) is 158 Å². The van der Waals surface area contributed by atoms with Crippen molar-refractivity contribution in [3.8, 4) is 22.3 Å². The van der Waals surface area contributed by atoms with Crippen molar-refractivity contribution in [3.05, 3.63) is 163 Å². The minimum atomic E-state index is -0.0574. The van der Waals surface area contributed by atoms with Crippen molar-refractivity contribution in [2.24, 2.45) is 0 Å². The Kier molecular flexibility index (Phi) is 5.58. The lowest BCUT2D eigenvalue weighted by atomic mass is 9.82. The molecule has 0 saturated carbocycles. The van der Waals surface area contributed by atoms with Gasteiger partial charge >= 0.3 is 0 Å². The number of furan rings is 1. The van der Waals surface area contributed by atoms with Crippen LogP contribution in [0.1, 0.15) is 25.0 Å². The Morgan fingerprint density at radius 2 is 1.13 bits per heavy atom. The highest BCUT2D eigenvalue weighted by molar-refractivity contribution is 6.15. The summed E-state index contributed by atoms with van der Waals surface area (Å²) in [5, 5.41) is 4.64. The summed E-state index contributed by atoms with van der Waals surface area (Å²) in [5.41, 5.74) is 13.1. The molecule has 2 heteroatoms. The molecule has 214 valence electrons. The lowest BCUT2D eigenvalue weighted by molar-refractivity contribution is 0.660. The highest BCUT2D eigenvalue weighted by Gasteiger charge is 2.35. The summed E-state index contributed by atoms with van der Waals surface area (Å²) in [6.45, 7) is 4.68. The molecule has 0 unspecified atom stereocenters. The number of para-hydroxylation sites is 2. The van der Waals surface area contributed by atoms with Gasteiger partial charge in [-0.2, -0.15) is 0 Å². The minimum absolute atomic E-state index is 0.0574. The molecule has 7 aromatic carbocycles. The average molecular weight is 578 g/mol. The number of rotatable bonds is 4. The Balaban J connectivity index is 1.11. The third kappa shape index (κ3) is 3.96. The SMILES string of the molecule is CC1(C)c2ccccc2-c2ccc(N(c3ccccc3)c3ccc(-c4ccc5c(ccc6c7ccccc7oc56)c4)cc3)cc21. The fourth-order valence-electron chi connectivity index (χ4n) is 7.35. The molecule has 1 aromatic heterocycles. The van der Waals surface area contributed by atoms with Crippen LogP contribution in [-0.2, 0) is 5.41 Å². The van der Waals surface area contributed by atoms with Crippen molar-refractivity contribution in [2.75, 3.05) is 4.90 Å². The predicted molar refractivity (Wildman–Crippen MR) is 189 cm³/mol. The minimum Gasteiger partial charge on any atom is -0.455 e. The van der Waals surface area contributed by atoms with Crippen LogP contribution in [0.3, 0.4) is 0 Å². The van der Waals surface area contributed by atoms with Crippen molar-refractivity contribution in [2.45, 2.75) is 19.3 Å². The van der Waals surface area contributed by atoms with E-state index < -0.39 is 0 Å². The third-order valence-corrected chi connectivity index (χ3v) is 9.66. The van der Waals surface area contributed by atoms with Gasteiger partial charge in [0.15, 0.2) is 0 Å². The summed E-state index contributed by atoms with van der Waals surface area (Å²) in [5.74, 6) is 0. The quantitative estimate of drug-likeness (QED) is 0.207. The molecule has 2 nitrogen and oxygen atoms in total. The van der Waals surface area contributed by atoms with Crippen molar-refractivity contribution in [1.82, 2.24) is 0 Å². The number of hydrogen-bond acceptors (Lipinski definition) is 2. The van der Waals surface area contributed by atoms with Crippen LogP contribution in [0.15, 0.2) is 156 Å². The Bertz CT molecular complexity index is 2400. The van der Waals surface area contributed by atoms with Gasteiger partial charge in [0.1, 0.15) is 11.2 Å². The molecule has 0 atom stereocenters. The summed E-state index contributed by atoms with van der Waals surface area (Å²) < 4.78 is 6.29. The summed E-state index contributed by atoms with van der Waals surface area (Å²) in [6.07, 6.45) is 0. The number of anilines is 3. The normalized spacial score (nSPS) is 13.3. The fraction of sp³-hybridized carbons (Fsp3) is 0.0698. The predicted octanol–water partition coefficient (Wildman–Crippen LogP) is 12.2. The average Bonchev–Trinajstić information content (AvgIpc) is 3.58. The summed E-state index contributed by atoms with van der Waals surface area (Å²) in [4.78, 5) is 2.36. The molecule has 0 fully saturated rings. The van der Waals surface area contributed by atoms with Crippen LogP contribution in [0.5, 0.6) is 0 Å². The Morgan fingerprint density at radius 1 is 0.467 bits per heavy atom. The van der Waals surface area contributed by atoms with Crippen LogP contribution >= 0.6 is 0 Å². The van der Waals surface area contributed by atoms with Crippen LogP contribution in [-0.4, -0.2) is 0 Å². The number of benzene rings is 7. The molecule has 0 bridgehead atoms. The van der Waals surface area contributed by atoms with E-state index in [0.29, 0.717) is 0 Å². The van der Waals surface area contributed by atoms with E-state index in [4.69, 9.17) is 4.42 Å². The highest BCUT2D eigenvalue weighted by atomic mass is 16.3. The molecule has 9 rings (SSSR count). The second-order valence-electron chi connectivity index (χ2n) is 12.6. The van der Waals surface area contributed by atoms with Crippen LogP contribution in [0.4, 0.5) is 17.1 Å².